The molecule has 13 heavy (non-hydrogen) atoms. The number of hydrogen-bond donors (Lipinski definition) is 0. The molecular weight excluding hydrogens is 164 g/mol. The molecular formula is C11H18O2. The van der Waals surface area contributed by atoms with Gasteiger partial charge in [-0.3, -0.25) is 0 Å². The van der Waals surface area contributed by atoms with E-state index in [1.165, 1.54) is 6.42 Å². The molecule has 0 aromatic rings. The van der Waals surface area contributed by atoms with Gasteiger partial charge in [-0.05, 0) is 19.3 Å². The minimum absolute atomic E-state index is 0.0784. The highest BCUT2D eigenvalue weighted by atomic mass is 16.7. The molecule has 1 saturated heterocycles. The van der Waals surface area contributed by atoms with Crippen LogP contribution >= 0.6 is 0 Å². The molecule has 0 aromatic carbocycles. The molecule has 0 N–H and O–H groups in total. The number of rotatable bonds is 2. The summed E-state index contributed by atoms with van der Waals surface area (Å²) in [6, 6.07) is 0. The van der Waals surface area contributed by atoms with E-state index in [4.69, 9.17) is 9.47 Å². The second-order valence-corrected chi connectivity index (χ2v) is 3.47. The van der Waals surface area contributed by atoms with Crippen molar-refractivity contribution in [2.45, 2.75) is 45.8 Å². The van der Waals surface area contributed by atoms with Crippen molar-refractivity contribution in [2.24, 2.45) is 5.92 Å². The summed E-state index contributed by atoms with van der Waals surface area (Å²) >= 11 is 0. The Morgan fingerprint density at radius 2 is 2.38 bits per heavy atom. The zero-order chi connectivity index (χ0) is 9.52. The summed E-state index contributed by atoms with van der Waals surface area (Å²) in [6.45, 7) is 5.03. The highest BCUT2D eigenvalue weighted by Crippen LogP contribution is 2.12. The lowest BCUT2D eigenvalue weighted by atomic mass is 10.1. The predicted molar refractivity (Wildman–Crippen MR) is 51.9 cm³/mol. The lowest BCUT2D eigenvalue weighted by molar-refractivity contribution is -0.122. The largest absolute Gasteiger partial charge is 0.414 e. The van der Waals surface area contributed by atoms with E-state index in [1.54, 1.807) is 0 Å². The maximum atomic E-state index is 5.37. The molecule has 2 unspecified atom stereocenters. The normalized spacial score (nSPS) is 24.3. The average Bonchev–Trinajstić information content (AvgIpc) is 2.19. The molecule has 1 aliphatic rings. The van der Waals surface area contributed by atoms with Crippen LogP contribution in [0.4, 0.5) is 0 Å². The molecule has 0 aromatic heterocycles. The second-order valence-electron chi connectivity index (χ2n) is 3.47. The fourth-order valence-corrected chi connectivity index (χ4v) is 1.11. The molecule has 0 amide bonds. The summed E-state index contributed by atoms with van der Waals surface area (Å²) in [5, 5.41) is 0. The third kappa shape index (κ3) is 4.19. The van der Waals surface area contributed by atoms with Crippen LogP contribution in [-0.2, 0) is 9.47 Å². The zero-order valence-corrected chi connectivity index (χ0v) is 8.51. The van der Waals surface area contributed by atoms with Crippen LogP contribution in [0.25, 0.3) is 0 Å². The van der Waals surface area contributed by atoms with Crippen LogP contribution in [0.15, 0.2) is 0 Å². The van der Waals surface area contributed by atoms with Gasteiger partial charge >= 0.3 is 0 Å². The van der Waals surface area contributed by atoms with Gasteiger partial charge in [0.15, 0.2) is 0 Å². The molecule has 0 aliphatic carbocycles. The van der Waals surface area contributed by atoms with Crippen LogP contribution in [0.2, 0.25) is 0 Å². The molecule has 2 heteroatoms. The fraction of sp³-hybridized carbons (Fsp3) is 0.818. The summed E-state index contributed by atoms with van der Waals surface area (Å²) in [7, 11) is 0. The monoisotopic (exact) mass is 182 g/mol. The van der Waals surface area contributed by atoms with Gasteiger partial charge < -0.3 is 9.47 Å². The van der Waals surface area contributed by atoms with Gasteiger partial charge in [-0.25, -0.2) is 0 Å². The summed E-state index contributed by atoms with van der Waals surface area (Å²) in [4.78, 5) is 0. The van der Waals surface area contributed by atoms with Crippen LogP contribution in [0.1, 0.15) is 39.5 Å². The van der Waals surface area contributed by atoms with Crippen LogP contribution in [0, 0.1) is 17.9 Å². The van der Waals surface area contributed by atoms with Crippen molar-refractivity contribution in [3.8, 4) is 12.0 Å². The highest BCUT2D eigenvalue weighted by Gasteiger charge is 2.13. The molecule has 2 atom stereocenters. The van der Waals surface area contributed by atoms with E-state index in [-0.39, 0.29) is 6.29 Å². The molecule has 0 spiro atoms. The number of ether oxygens (including phenoxy) is 2. The standard InChI is InChI=1S/C11H18O2/c1-3-10(2)7-9-13-11-6-4-5-8-12-11/h10-11H,3-6,8H2,1-2H3. The van der Waals surface area contributed by atoms with Crippen molar-refractivity contribution < 1.29 is 9.47 Å². The van der Waals surface area contributed by atoms with E-state index in [0.29, 0.717) is 5.92 Å². The van der Waals surface area contributed by atoms with Gasteiger partial charge in [-0.15, -0.1) is 0 Å². The van der Waals surface area contributed by atoms with Gasteiger partial charge in [0.05, 0.1) is 6.61 Å². The lowest BCUT2D eigenvalue weighted by Gasteiger charge is -2.19. The van der Waals surface area contributed by atoms with E-state index in [1.807, 2.05) is 0 Å². The Morgan fingerprint density at radius 1 is 1.54 bits per heavy atom. The van der Waals surface area contributed by atoms with Gasteiger partial charge in [0.25, 0.3) is 0 Å². The molecule has 0 saturated carbocycles. The Balaban J connectivity index is 2.18. The first kappa shape index (κ1) is 10.4. The topological polar surface area (TPSA) is 18.5 Å². The van der Waals surface area contributed by atoms with Gasteiger partial charge in [0, 0.05) is 12.3 Å². The molecule has 0 bridgehead atoms. The quantitative estimate of drug-likeness (QED) is 0.611. The van der Waals surface area contributed by atoms with Gasteiger partial charge in [0.2, 0.25) is 6.29 Å². The van der Waals surface area contributed by atoms with Crippen molar-refractivity contribution in [1.29, 1.82) is 0 Å². The summed E-state index contributed by atoms with van der Waals surface area (Å²) < 4.78 is 10.6. The maximum Gasteiger partial charge on any atom is 0.210 e. The van der Waals surface area contributed by atoms with E-state index in [0.717, 1.165) is 25.9 Å². The fourth-order valence-electron chi connectivity index (χ4n) is 1.11. The Kier molecular flexibility index (Phi) is 4.70. The minimum atomic E-state index is -0.0784. The van der Waals surface area contributed by atoms with Gasteiger partial charge in [-0.1, -0.05) is 19.8 Å². The van der Waals surface area contributed by atoms with E-state index in [2.05, 4.69) is 25.9 Å². The van der Waals surface area contributed by atoms with Crippen LogP contribution < -0.4 is 0 Å². The second kappa shape index (κ2) is 5.88. The molecule has 1 fully saturated rings. The average molecular weight is 182 g/mol. The molecule has 74 valence electrons. The van der Waals surface area contributed by atoms with E-state index >= 15 is 0 Å². The summed E-state index contributed by atoms with van der Waals surface area (Å²) in [5.74, 6) is 3.45. The van der Waals surface area contributed by atoms with E-state index < -0.39 is 0 Å². The minimum Gasteiger partial charge on any atom is -0.414 e. The summed E-state index contributed by atoms with van der Waals surface area (Å²) in [5.41, 5.74) is 0. The van der Waals surface area contributed by atoms with Crippen molar-refractivity contribution in [3.63, 3.8) is 0 Å². The van der Waals surface area contributed by atoms with Crippen LogP contribution in [0.5, 0.6) is 0 Å². The van der Waals surface area contributed by atoms with Gasteiger partial charge in [0.1, 0.15) is 6.11 Å². The SMILES string of the molecule is CCC(C)C#COC1CCCCO1. The zero-order valence-electron chi connectivity index (χ0n) is 8.51. The van der Waals surface area contributed by atoms with Crippen molar-refractivity contribution in [3.05, 3.63) is 0 Å². The van der Waals surface area contributed by atoms with Gasteiger partial charge in [-0.2, -0.15) is 0 Å². The third-order valence-electron chi connectivity index (χ3n) is 2.25. The van der Waals surface area contributed by atoms with E-state index in [9.17, 15) is 0 Å². The number of hydrogen-bond acceptors (Lipinski definition) is 2. The first-order valence-electron chi connectivity index (χ1n) is 5.10. The Hall–Kier alpha value is -0.680. The van der Waals surface area contributed by atoms with Crippen LogP contribution in [0.3, 0.4) is 0 Å². The molecule has 0 radical (unpaired) electrons. The summed E-state index contributed by atoms with van der Waals surface area (Å²) in [6.07, 6.45) is 7.05. The molecule has 2 nitrogen and oxygen atoms in total. The Labute approximate surface area is 80.6 Å². The first-order valence-corrected chi connectivity index (χ1v) is 5.10. The molecule has 1 heterocycles. The van der Waals surface area contributed by atoms with Crippen LogP contribution in [-0.4, -0.2) is 12.9 Å². The first-order chi connectivity index (χ1) is 6.33. The third-order valence-corrected chi connectivity index (χ3v) is 2.25. The molecule has 1 aliphatic heterocycles. The van der Waals surface area contributed by atoms with Crippen molar-refractivity contribution in [1.82, 2.24) is 0 Å². The lowest BCUT2D eigenvalue weighted by Crippen LogP contribution is -2.20. The Bertz CT molecular complexity index is 184. The Morgan fingerprint density at radius 3 is 3.00 bits per heavy atom. The predicted octanol–water partition coefficient (Wildman–Crippen LogP) is 2.54. The maximum absolute atomic E-state index is 5.37. The smallest absolute Gasteiger partial charge is 0.210 e. The van der Waals surface area contributed by atoms with Crippen molar-refractivity contribution in [2.75, 3.05) is 6.61 Å². The molecule has 1 rings (SSSR count). The highest BCUT2D eigenvalue weighted by molar-refractivity contribution is 4.96. The van der Waals surface area contributed by atoms with Crippen molar-refractivity contribution >= 4 is 0 Å².